The Balaban J connectivity index is 1.26. The summed E-state index contributed by atoms with van der Waals surface area (Å²) in [5.41, 5.74) is 2.96. The van der Waals surface area contributed by atoms with Gasteiger partial charge in [-0.2, -0.15) is 5.10 Å². The van der Waals surface area contributed by atoms with Crippen LogP contribution in [0.15, 0.2) is 47.4 Å². The molecule has 0 spiro atoms. The second kappa shape index (κ2) is 6.76. The Morgan fingerprint density at radius 3 is 2.52 bits per heavy atom. The molecule has 6 heteroatoms. The number of hydrogen-bond donors (Lipinski definition) is 0. The van der Waals surface area contributed by atoms with Crippen LogP contribution in [-0.2, 0) is 6.54 Å². The first-order valence-electron chi connectivity index (χ1n) is 9.81. The van der Waals surface area contributed by atoms with Crippen LogP contribution >= 0.6 is 0 Å². The van der Waals surface area contributed by atoms with Crippen molar-refractivity contribution in [1.29, 1.82) is 0 Å². The van der Waals surface area contributed by atoms with Crippen molar-refractivity contribution in [3.63, 3.8) is 0 Å². The Morgan fingerprint density at radius 1 is 0.963 bits per heavy atom. The maximum atomic E-state index is 12.2. The molecule has 27 heavy (non-hydrogen) atoms. The highest BCUT2D eigenvalue weighted by Crippen LogP contribution is 2.38. The van der Waals surface area contributed by atoms with Crippen molar-refractivity contribution in [2.24, 2.45) is 5.92 Å². The summed E-state index contributed by atoms with van der Waals surface area (Å²) >= 11 is 0. The number of rotatable bonds is 4. The Morgan fingerprint density at radius 2 is 1.74 bits per heavy atom. The predicted molar refractivity (Wildman–Crippen MR) is 105 cm³/mol. The fourth-order valence-electron chi connectivity index (χ4n) is 3.88. The fraction of sp³-hybridized carbons (Fsp3) is 0.429. The number of fused-ring (bicyclic) bond motifs is 1. The molecule has 0 amide bonds. The van der Waals surface area contributed by atoms with Crippen molar-refractivity contribution in [2.75, 3.05) is 18.0 Å². The van der Waals surface area contributed by atoms with Gasteiger partial charge in [0.15, 0.2) is 0 Å². The maximum Gasteiger partial charge on any atom is 0.266 e. The van der Waals surface area contributed by atoms with E-state index in [9.17, 15) is 4.79 Å². The normalized spacial score (nSPS) is 18.1. The molecule has 6 nitrogen and oxygen atoms in total. The van der Waals surface area contributed by atoms with Gasteiger partial charge < -0.3 is 4.90 Å². The van der Waals surface area contributed by atoms with Crippen molar-refractivity contribution in [3.8, 4) is 0 Å². The summed E-state index contributed by atoms with van der Waals surface area (Å²) in [5, 5.41) is 4.61. The van der Waals surface area contributed by atoms with E-state index in [2.05, 4.69) is 15.0 Å². The Kier molecular flexibility index (Phi) is 4.11. The van der Waals surface area contributed by atoms with E-state index < -0.39 is 0 Å². The minimum Gasteiger partial charge on any atom is -0.355 e. The zero-order valence-corrected chi connectivity index (χ0v) is 15.3. The highest BCUT2D eigenvalue weighted by Gasteiger charge is 2.26. The second-order valence-electron chi connectivity index (χ2n) is 7.70. The fourth-order valence-corrected chi connectivity index (χ4v) is 3.88. The summed E-state index contributed by atoms with van der Waals surface area (Å²) in [7, 11) is 0. The molecule has 2 aromatic heterocycles. The first kappa shape index (κ1) is 16.4. The number of nitrogens with zero attached hydrogens (tertiary/aromatic N) is 5. The van der Waals surface area contributed by atoms with Gasteiger partial charge in [0.25, 0.3) is 5.56 Å². The molecule has 138 valence electrons. The van der Waals surface area contributed by atoms with E-state index in [0.717, 1.165) is 55.0 Å². The van der Waals surface area contributed by atoms with Gasteiger partial charge in [-0.15, -0.1) is 0 Å². The van der Waals surface area contributed by atoms with Gasteiger partial charge in [0.2, 0.25) is 0 Å². The molecule has 0 bridgehead atoms. The van der Waals surface area contributed by atoms with Crippen LogP contribution in [0.5, 0.6) is 0 Å². The maximum absolute atomic E-state index is 12.2. The number of para-hydroxylation sites is 2. The second-order valence-corrected chi connectivity index (χ2v) is 7.70. The van der Waals surface area contributed by atoms with Crippen LogP contribution in [0.1, 0.15) is 37.3 Å². The lowest BCUT2D eigenvalue weighted by Crippen LogP contribution is -2.37. The first-order valence-corrected chi connectivity index (χ1v) is 9.81. The first-order chi connectivity index (χ1) is 13.3. The SMILES string of the molecule is O=c1ccc(C2CC2)nn1CC1CCN(c2cnc3ccccc3n2)CC1. The molecule has 1 aliphatic carbocycles. The topological polar surface area (TPSA) is 63.9 Å². The van der Waals surface area contributed by atoms with E-state index in [1.54, 1.807) is 10.7 Å². The van der Waals surface area contributed by atoms with E-state index in [4.69, 9.17) is 4.98 Å². The largest absolute Gasteiger partial charge is 0.355 e. The lowest BCUT2D eigenvalue weighted by Gasteiger charge is -2.32. The highest BCUT2D eigenvalue weighted by atomic mass is 16.1. The summed E-state index contributed by atoms with van der Waals surface area (Å²) in [4.78, 5) is 23.8. The number of anilines is 1. The highest BCUT2D eigenvalue weighted by molar-refractivity contribution is 5.75. The quantitative estimate of drug-likeness (QED) is 0.715. The van der Waals surface area contributed by atoms with Crippen LogP contribution in [0.4, 0.5) is 5.82 Å². The van der Waals surface area contributed by atoms with Crippen molar-refractivity contribution in [2.45, 2.75) is 38.1 Å². The molecule has 1 saturated heterocycles. The summed E-state index contributed by atoms with van der Waals surface area (Å²) < 4.78 is 1.68. The lowest BCUT2D eigenvalue weighted by atomic mass is 9.97. The van der Waals surface area contributed by atoms with Crippen molar-refractivity contribution in [3.05, 3.63) is 58.6 Å². The third-order valence-electron chi connectivity index (χ3n) is 5.69. The van der Waals surface area contributed by atoms with Crippen molar-refractivity contribution >= 4 is 16.9 Å². The zero-order chi connectivity index (χ0) is 18.2. The molecule has 3 heterocycles. The Hall–Kier alpha value is -2.76. The average molecular weight is 361 g/mol. The monoisotopic (exact) mass is 361 g/mol. The molecule has 1 aromatic carbocycles. The number of benzene rings is 1. The van der Waals surface area contributed by atoms with E-state index in [0.29, 0.717) is 11.8 Å². The van der Waals surface area contributed by atoms with Gasteiger partial charge in [-0.3, -0.25) is 9.78 Å². The van der Waals surface area contributed by atoms with Crippen molar-refractivity contribution in [1.82, 2.24) is 19.7 Å². The molecule has 0 atom stereocenters. The molecule has 2 aliphatic rings. The summed E-state index contributed by atoms with van der Waals surface area (Å²) in [6, 6.07) is 11.5. The third kappa shape index (κ3) is 3.44. The molecule has 0 radical (unpaired) electrons. The van der Waals surface area contributed by atoms with Crippen molar-refractivity contribution < 1.29 is 0 Å². The van der Waals surface area contributed by atoms with Gasteiger partial charge in [0, 0.05) is 31.6 Å². The van der Waals surface area contributed by atoms with Gasteiger partial charge >= 0.3 is 0 Å². The minimum atomic E-state index is 0.0159. The number of piperidine rings is 1. The van der Waals surface area contributed by atoms with Gasteiger partial charge in [-0.05, 0) is 49.8 Å². The number of hydrogen-bond acceptors (Lipinski definition) is 5. The molecule has 5 rings (SSSR count). The molecular weight excluding hydrogens is 338 g/mol. The lowest BCUT2D eigenvalue weighted by molar-refractivity contribution is 0.333. The van der Waals surface area contributed by atoms with E-state index >= 15 is 0 Å². The predicted octanol–water partition coefficient (Wildman–Crippen LogP) is 2.98. The van der Waals surface area contributed by atoms with Crippen LogP contribution in [0.2, 0.25) is 0 Å². The molecule has 1 saturated carbocycles. The molecule has 1 aliphatic heterocycles. The summed E-state index contributed by atoms with van der Waals surface area (Å²) in [6.45, 7) is 2.60. The van der Waals surface area contributed by atoms with Gasteiger partial charge in [0.1, 0.15) is 5.82 Å². The summed E-state index contributed by atoms with van der Waals surface area (Å²) in [5.74, 6) is 2.00. The molecule has 3 aromatic rings. The van der Waals surface area contributed by atoms with E-state index in [1.165, 1.54) is 12.8 Å². The van der Waals surface area contributed by atoms with Crippen LogP contribution in [0.3, 0.4) is 0 Å². The van der Waals surface area contributed by atoms with Crippen LogP contribution in [-0.4, -0.2) is 32.8 Å². The van der Waals surface area contributed by atoms with Gasteiger partial charge in [-0.25, -0.2) is 9.67 Å². The average Bonchev–Trinajstić information content (AvgIpc) is 3.55. The van der Waals surface area contributed by atoms with Crippen LogP contribution in [0.25, 0.3) is 11.0 Å². The third-order valence-corrected chi connectivity index (χ3v) is 5.69. The van der Waals surface area contributed by atoms with Gasteiger partial charge in [-0.1, -0.05) is 12.1 Å². The van der Waals surface area contributed by atoms with Gasteiger partial charge in [0.05, 0.1) is 22.9 Å². The Labute approximate surface area is 157 Å². The van der Waals surface area contributed by atoms with E-state index in [1.807, 2.05) is 36.5 Å². The van der Waals surface area contributed by atoms with E-state index in [-0.39, 0.29) is 5.56 Å². The molecule has 0 N–H and O–H groups in total. The summed E-state index contributed by atoms with van der Waals surface area (Å²) in [6.07, 6.45) is 6.35. The Bertz CT molecular complexity index is 1020. The molecule has 0 unspecified atom stereocenters. The van der Waals surface area contributed by atoms with Crippen LogP contribution in [0, 0.1) is 5.92 Å². The zero-order valence-electron chi connectivity index (χ0n) is 15.3. The van der Waals surface area contributed by atoms with Crippen LogP contribution < -0.4 is 10.5 Å². The molecular formula is C21H23N5O. The minimum absolute atomic E-state index is 0.0159. The standard InChI is InChI=1S/C21H23N5O/c27-21-8-7-17(16-5-6-16)24-26(21)14-15-9-11-25(12-10-15)20-13-22-18-3-1-2-4-19(18)23-20/h1-4,7-8,13,15-16H,5-6,9-12,14H2. The smallest absolute Gasteiger partial charge is 0.266 e. The molecule has 2 fully saturated rings. The number of aromatic nitrogens is 4.